The number of hydrogen-bond donors (Lipinski definition) is 1. The fourth-order valence-corrected chi connectivity index (χ4v) is 3.10. The first-order chi connectivity index (χ1) is 8.92. The van der Waals surface area contributed by atoms with Crippen LogP contribution in [-0.4, -0.2) is 31.2 Å². The molecule has 0 radical (unpaired) electrons. The fraction of sp³-hybridized carbons (Fsp3) is 0.667. The molecule has 2 aliphatic rings. The van der Waals surface area contributed by atoms with Gasteiger partial charge in [0.15, 0.2) is 0 Å². The molecule has 98 valence electrons. The summed E-state index contributed by atoms with van der Waals surface area (Å²) in [7, 11) is 0. The summed E-state index contributed by atoms with van der Waals surface area (Å²) < 4.78 is 0. The Balaban J connectivity index is 1.66. The van der Waals surface area contributed by atoms with Gasteiger partial charge in [-0.15, -0.1) is 0 Å². The van der Waals surface area contributed by atoms with E-state index in [2.05, 4.69) is 28.4 Å². The molecule has 1 aromatic rings. The first-order valence-electron chi connectivity index (χ1n) is 7.33. The largest absolute Gasteiger partial charge is 0.357 e. The van der Waals surface area contributed by atoms with Gasteiger partial charge in [-0.25, -0.2) is 4.98 Å². The highest BCUT2D eigenvalue weighted by Gasteiger charge is 2.16. The van der Waals surface area contributed by atoms with Crippen molar-refractivity contribution in [1.29, 1.82) is 0 Å². The van der Waals surface area contributed by atoms with E-state index < -0.39 is 0 Å². The topological polar surface area (TPSA) is 28.2 Å². The molecule has 0 aromatic carbocycles. The summed E-state index contributed by atoms with van der Waals surface area (Å²) in [5.74, 6) is 1.97. The number of hydrogen-bond acceptors (Lipinski definition) is 3. The second kappa shape index (κ2) is 5.70. The highest BCUT2D eigenvalue weighted by Crippen LogP contribution is 2.20. The maximum absolute atomic E-state index is 4.85. The van der Waals surface area contributed by atoms with Gasteiger partial charge in [-0.05, 0) is 63.2 Å². The average molecular weight is 245 g/mol. The van der Waals surface area contributed by atoms with Crippen LogP contribution in [0.5, 0.6) is 0 Å². The number of anilines is 1. The number of piperidine rings is 1. The van der Waals surface area contributed by atoms with Crippen molar-refractivity contribution < 1.29 is 0 Å². The van der Waals surface area contributed by atoms with E-state index >= 15 is 0 Å². The molecular weight excluding hydrogens is 222 g/mol. The van der Waals surface area contributed by atoms with E-state index in [1.165, 1.54) is 56.8 Å². The zero-order chi connectivity index (χ0) is 12.2. The molecule has 2 saturated heterocycles. The minimum Gasteiger partial charge on any atom is -0.357 e. The van der Waals surface area contributed by atoms with Crippen LogP contribution >= 0.6 is 0 Å². The van der Waals surface area contributed by atoms with E-state index in [-0.39, 0.29) is 0 Å². The molecule has 3 rings (SSSR count). The molecule has 0 aliphatic carbocycles. The van der Waals surface area contributed by atoms with Gasteiger partial charge in [0.05, 0.1) is 0 Å². The van der Waals surface area contributed by atoms with Crippen molar-refractivity contribution in [2.24, 2.45) is 5.92 Å². The second-order valence-electron chi connectivity index (χ2n) is 5.60. The van der Waals surface area contributed by atoms with Gasteiger partial charge < -0.3 is 10.2 Å². The van der Waals surface area contributed by atoms with Crippen LogP contribution in [0.1, 0.15) is 31.4 Å². The Labute approximate surface area is 110 Å². The standard InChI is InChI=1S/C15H23N3/c1-2-10-18(9-1)15-7-3-6-14(17-15)11-13-5-4-8-16-12-13/h3,6-7,13,16H,1-2,4-5,8-12H2/t13-/m1/s1. The Morgan fingerprint density at radius 2 is 2.11 bits per heavy atom. The average Bonchev–Trinajstić information content (AvgIpc) is 2.94. The Morgan fingerprint density at radius 1 is 1.22 bits per heavy atom. The zero-order valence-electron chi connectivity index (χ0n) is 11.1. The highest BCUT2D eigenvalue weighted by atomic mass is 15.2. The van der Waals surface area contributed by atoms with Crippen molar-refractivity contribution in [3.8, 4) is 0 Å². The van der Waals surface area contributed by atoms with E-state index in [1.54, 1.807) is 0 Å². The predicted molar refractivity (Wildman–Crippen MR) is 75.0 cm³/mol. The van der Waals surface area contributed by atoms with Gasteiger partial charge in [0, 0.05) is 18.8 Å². The van der Waals surface area contributed by atoms with Crippen LogP contribution in [0.2, 0.25) is 0 Å². The SMILES string of the molecule is c1cc(C[C@H]2CCCNC2)nc(N2CCCC2)c1. The van der Waals surface area contributed by atoms with Crippen molar-refractivity contribution in [2.45, 2.75) is 32.1 Å². The lowest BCUT2D eigenvalue weighted by Crippen LogP contribution is -2.31. The molecule has 0 amide bonds. The van der Waals surface area contributed by atoms with Crippen molar-refractivity contribution >= 4 is 5.82 Å². The molecular formula is C15H23N3. The van der Waals surface area contributed by atoms with Gasteiger partial charge in [-0.2, -0.15) is 0 Å². The van der Waals surface area contributed by atoms with Crippen molar-refractivity contribution in [3.05, 3.63) is 23.9 Å². The summed E-state index contributed by atoms with van der Waals surface area (Å²) in [6.07, 6.45) is 6.44. The maximum Gasteiger partial charge on any atom is 0.128 e. The molecule has 1 N–H and O–H groups in total. The number of pyridine rings is 1. The first-order valence-corrected chi connectivity index (χ1v) is 7.33. The van der Waals surface area contributed by atoms with E-state index in [1.807, 2.05) is 0 Å². The van der Waals surface area contributed by atoms with Gasteiger partial charge in [-0.3, -0.25) is 0 Å². The molecule has 1 aromatic heterocycles. The minimum absolute atomic E-state index is 0.778. The summed E-state index contributed by atoms with van der Waals surface area (Å²) in [6.45, 7) is 4.72. The molecule has 3 heterocycles. The molecule has 2 fully saturated rings. The lowest BCUT2D eigenvalue weighted by atomic mass is 9.94. The second-order valence-corrected chi connectivity index (χ2v) is 5.60. The predicted octanol–water partition coefficient (Wildman–Crippen LogP) is 2.22. The van der Waals surface area contributed by atoms with Crippen LogP contribution in [-0.2, 0) is 6.42 Å². The van der Waals surface area contributed by atoms with Gasteiger partial charge in [0.2, 0.25) is 0 Å². The van der Waals surface area contributed by atoms with E-state index in [0.29, 0.717) is 0 Å². The summed E-state index contributed by atoms with van der Waals surface area (Å²) in [6, 6.07) is 6.52. The Bertz CT molecular complexity index is 379. The van der Waals surface area contributed by atoms with E-state index in [9.17, 15) is 0 Å². The number of rotatable bonds is 3. The fourth-order valence-electron chi connectivity index (χ4n) is 3.10. The number of nitrogens with one attached hydrogen (secondary N) is 1. The summed E-state index contributed by atoms with van der Waals surface area (Å²) >= 11 is 0. The molecule has 0 bridgehead atoms. The van der Waals surface area contributed by atoms with Crippen molar-refractivity contribution in [1.82, 2.24) is 10.3 Å². The minimum atomic E-state index is 0.778. The Hall–Kier alpha value is -1.09. The Kier molecular flexibility index (Phi) is 3.79. The van der Waals surface area contributed by atoms with Gasteiger partial charge >= 0.3 is 0 Å². The van der Waals surface area contributed by atoms with Gasteiger partial charge in [-0.1, -0.05) is 6.07 Å². The molecule has 0 unspecified atom stereocenters. The molecule has 1 atom stereocenters. The summed E-state index contributed by atoms with van der Waals surface area (Å²) in [5, 5.41) is 3.49. The van der Waals surface area contributed by atoms with Crippen LogP contribution in [0, 0.1) is 5.92 Å². The van der Waals surface area contributed by atoms with Crippen LogP contribution in [0.4, 0.5) is 5.82 Å². The quantitative estimate of drug-likeness (QED) is 0.885. The monoisotopic (exact) mass is 245 g/mol. The van der Waals surface area contributed by atoms with E-state index in [0.717, 1.165) is 18.9 Å². The van der Waals surface area contributed by atoms with Crippen molar-refractivity contribution in [2.75, 3.05) is 31.1 Å². The smallest absolute Gasteiger partial charge is 0.128 e. The molecule has 0 saturated carbocycles. The molecule has 3 nitrogen and oxygen atoms in total. The van der Waals surface area contributed by atoms with E-state index in [4.69, 9.17) is 4.98 Å². The lowest BCUT2D eigenvalue weighted by Gasteiger charge is -2.23. The summed E-state index contributed by atoms with van der Waals surface area (Å²) in [5.41, 5.74) is 1.27. The van der Waals surface area contributed by atoms with Crippen LogP contribution in [0.3, 0.4) is 0 Å². The number of aromatic nitrogens is 1. The third kappa shape index (κ3) is 2.83. The van der Waals surface area contributed by atoms with Crippen LogP contribution in [0.15, 0.2) is 18.2 Å². The third-order valence-corrected chi connectivity index (χ3v) is 4.12. The van der Waals surface area contributed by atoms with Crippen LogP contribution < -0.4 is 10.2 Å². The Morgan fingerprint density at radius 3 is 2.89 bits per heavy atom. The van der Waals surface area contributed by atoms with Crippen LogP contribution in [0.25, 0.3) is 0 Å². The molecule has 18 heavy (non-hydrogen) atoms. The maximum atomic E-state index is 4.85. The molecule has 0 spiro atoms. The summed E-state index contributed by atoms with van der Waals surface area (Å²) in [4.78, 5) is 7.27. The normalized spacial score (nSPS) is 24.4. The van der Waals surface area contributed by atoms with Gasteiger partial charge in [0.1, 0.15) is 5.82 Å². The first kappa shape index (κ1) is 12.0. The number of nitrogens with zero attached hydrogens (tertiary/aromatic N) is 2. The molecule has 2 aliphatic heterocycles. The zero-order valence-corrected chi connectivity index (χ0v) is 11.1. The lowest BCUT2D eigenvalue weighted by molar-refractivity contribution is 0.373. The highest BCUT2D eigenvalue weighted by molar-refractivity contribution is 5.40. The third-order valence-electron chi connectivity index (χ3n) is 4.12. The van der Waals surface area contributed by atoms with Crippen molar-refractivity contribution in [3.63, 3.8) is 0 Å². The molecule has 3 heteroatoms. The van der Waals surface area contributed by atoms with Gasteiger partial charge in [0.25, 0.3) is 0 Å².